The predicted molar refractivity (Wildman–Crippen MR) is 84.8 cm³/mol. The van der Waals surface area contributed by atoms with Gasteiger partial charge in [-0.15, -0.1) is 0 Å². The Balaban J connectivity index is 2.01. The van der Waals surface area contributed by atoms with Crippen molar-refractivity contribution in [2.75, 3.05) is 26.2 Å². The van der Waals surface area contributed by atoms with Crippen LogP contribution < -0.4 is 10.1 Å². The number of rotatable bonds is 6. The second-order valence-corrected chi connectivity index (χ2v) is 5.52. The van der Waals surface area contributed by atoms with E-state index in [1.165, 1.54) is 0 Å². The molecule has 4 heteroatoms. The number of nitrogens with zero attached hydrogens (tertiary/aromatic N) is 1. The molecule has 1 amide bonds. The molecule has 0 bridgehead atoms. The van der Waals surface area contributed by atoms with Crippen LogP contribution in [0.25, 0.3) is 0 Å². The molecule has 1 unspecified atom stereocenters. The molecule has 2 rings (SSSR count). The Bertz CT molecular complexity index is 460. The van der Waals surface area contributed by atoms with Gasteiger partial charge in [0, 0.05) is 24.7 Å². The smallest absolute Gasteiger partial charge is 0.254 e. The molecule has 1 aromatic rings. The zero-order valence-corrected chi connectivity index (χ0v) is 13.1. The Morgan fingerprint density at radius 1 is 1.43 bits per heavy atom. The van der Waals surface area contributed by atoms with Gasteiger partial charge in [-0.2, -0.15) is 0 Å². The lowest BCUT2D eigenvalue weighted by Gasteiger charge is -2.33. The van der Waals surface area contributed by atoms with Crippen LogP contribution in [0, 0.1) is 0 Å². The van der Waals surface area contributed by atoms with Crippen LogP contribution in [-0.4, -0.2) is 43.1 Å². The molecule has 1 aliphatic rings. The van der Waals surface area contributed by atoms with Crippen molar-refractivity contribution >= 4 is 5.91 Å². The van der Waals surface area contributed by atoms with Crippen LogP contribution in [0.2, 0.25) is 0 Å². The summed E-state index contributed by atoms with van der Waals surface area (Å²) in [6.07, 6.45) is 3.18. The average Bonchev–Trinajstić information content (AvgIpc) is 2.53. The number of likely N-dealkylation sites (N-methyl/N-ethyl adjacent to an activating group) is 1. The van der Waals surface area contributed by atoms with E-state index in [2.05, 4.69) is 19.2 Å². The number of nitrogens with one attached hydrogen (secondary N) is 1. The van der Waals surface area contributed by atoms with Crippen molar-refractivity contribution in [3.63, 3.8) is 0 Å². The third-order valence-corrected chi connectivity index (χ3v) is 3.76. The van der Waals surface area contributed by atoms with E-state index in [0.29, 0.717) is 12.6 Å². The minimum absolute atomic E-state index is 0.111. The van der Waals surface area contributed by atoms with E-state index in [-0.39, 0.29) is 5.91 Å². The zero-order valence-electron chi connectivity index (χ0n) is 13.1. The van der Waals surface area contributed by atoms with Crippen LogP contribution in [0.3, 0.4) is 0 Å². The molecule has 0 aromatic heterocycles. The molecule has 21 heavy (non-hydrogen) atoms. The molecular formula is C17H26N2O2. The van der Waals surface area contributed by atoms with E-state index in [9.17, 15) is 4.79 Å². The van der Waals surface area contributed by atoms with E-state index < -0.39 is 0 Å². The van der Waals surface area contributed by atoms with Gasteiger partial charge in [0.15, 0.2) is 0 Å². The summed E-state index contributed by atoms with van der Waals surface area (Å²) in [7, 11) is 0. The maximum atomic E-state index is 12.6. The quantitative estimate of drug-likeness (QED) is 0.876. The van der Waals surface area contributed by atoms with Crippen LogP contribution in [0.4, 0.5) is 0 Å². The maximum Gasteiger partial charge on any atom is 0.254 e. The van der Waals surface area contributed by atoms with Crippen LogP contribution in [0.15, 0.2) is 24.3 Å². The van der Waals surface area contributed by atoms with Crippen LogP contribution >= 0.6 is 0 Å². The van der Waals surface area contributed by atoms with Gasteiger partial charge >= 0.3 is 0 Å². The number of carbonyl (C=O) groups excluding carboxylic acids is 1. The summed E-state index contributed by atoms with van der Waals surface area (Å²) in [6, 6.07) is 7.95. The van der Waals surface area contributed by atoms with E-state index in [4.69, 9.17) is 4.74 Å². The number of piperidine rings is 1. The Morgan fingerprint density at radius 3 is 3.05 bits per heavy atom. The van der Waals surface area contributed by atoms with Crippen molar-refractivity contribution < 1.29 is 9.53 Å². The van der Waals surface area contributed by atoms with Crippen molar-refractivity contribution in [1.29, 1.82) is 0 Å². The normalized spacial score (nSPS) is 18.6. The molecule has 0 aliphatic carbocycles. The lowest BCUT2D eigenvalue weighted by atomic mass is 10.0. The summed E-state index contributed by atoms with van der Waals surface area (Å²) in [6.45, 7) is 7.46. The Hall–Kier alpha value is -1.55. The number of carbonyl (C=O) groups is 1. The molecule has 1 heterocycles. The molecule has 0 radical (unpaired) electrons. The molecule has 1 fully saturated rings. The maximum absolute atomic E-state index is 12.6. The fourth-order valence-corrected chi connectivity index (χ4v) is 2.74. The highest BCUT2D eigenvalue weighted by molar-refractivity contribution is 5.94. The monoisotopic (exact) mass is 290 g/mol. The van der Waals surface area contributed by atoms with Gasteiger partial charge in [-0.25, -0.2) is 0 Å². The number of amides is 1. The largest absolute Gasteiger partial charge is 0.494 e. The second kappa shape index (κ2) is 8.03. The SMILES string of the molecule is CCCOc1cccc(C(=O)N2CCCC(NCC)C2)c1. The van der Waals surface area contributed by atoms with Crippen molar-refractivity contribution in [1.82, 2.24) is 10.2 Å². The minimum atomic E-state index is 0.111. The van der Waals surface area contributed by atoms with E-state index in [1.54, 1.807) is 0 Å². The van der Waals surface area contributed by atoms with Gasteiger partial charge in [0.25, 0.3) is 5.91 Å². The average molecular weight is 290 g/mol. The molecule has 0 spiro atoms. The first-order chi connectivity index (χ1) is 10.2. The van der Waals surface area contributed by atoms with Gasteiger partial charge in [-0.05, 0) is 44.0 Å². The zero-order chi connectivity index (χ0) is 15.1. The summed E-state index contributed by atoms with van der Waals surface area (Å²) >= 11 is 0. The molecule has 0 saturated carbocycles. The molecule has 1 N–H and O–H groups in total. The predicted octanol–water partition coefficient (Wildman–Crippen LogP) is 2.69. The first-order valence-electron chi connectivity index (χ1n) is 8.00. The molecule has 1 atom stereocenters. The standard InChI is InChI=1S/C17H26N2O2/c1-3-11-21-16-9-5-7-14(12-16)17(20)19-10-6-8-15(13-19)18-4-2/h5,7,9,12,15,18H,3-4,6,8,10-11,13H2,1-2H3. The van der Waals surface area contributed by atoms with Gasteiger partial charge in [0.05, 0.1) is 6.61 Å². The summed E-state index contributed by atoms with van der Waals surface area (Å²) < 4.78 is 5.61. The highest BCUT2D eigenvalue weighted by atomic mass is 16.5. The van der Waals surface area contributed by atoms with Gasteiger partial charge in [0.1, 0.15) is 5.75 Å². The number of benzene rings is 1. The molecule has 116 valence electrons. The van der Waals surface area contributed by atoms with Crippen LogP contribution in [0.5, 0.6) is 5.75 Å². The van der Waals surface area contributed by atoms with E-state index in [1.807, 2.05) is 29.2 Å². The second-order valence-electron chi connectivity index (χ2n) is 5.52. The highest BCUT2D eigenvalue weighted by Gasteiger charge is 2.24. The van der Waals surface area contributed by atoms with Crippen molar-refractivity contribution in [3.8, 4) is 5.75 Å². The number of hydrogen-bond donors (Lipinski definition) is 1. The molecule has 1 aromatic carbocycles. The van der Waals surface area contributed by atoms with Crippen molar-refractivity contribution in [2.24, 2.45) is 0 Å². The van der Waals surface area contributed by atoms with E-state index >= 15 is 0 Å². The van der Waals surface area contributed by atoms with Gasteiger partial charge < -0.3 is 15.0 Å². The van der Waals surface area contributed by atoms with Gasteiger partial charge in [-0.1, -0.05) is 19.9 Å². The topological polar surface area (TPSA) is 41.6 Å². The summed E-state index contributed by atoms with van der Waals surface area (Å²) in [5, 5.41) is 3.44. The van der Waals surface area contributed by atoms with Crippen molar-refractivity contribution in [2.45, 2.75) is 39.2 Å². The third kappa shape index (κ3) is 4.46. The molecular weight excluding hydrogens is 264 g/mol. The van der Waals surface area contributed by atoms with Crippen molar-refractivity contribution in [3.05, 3.63) is 29.8 Å². The number of likely N-dealkylation sites (tertiary alicyclic amines) is 1. The fourth-order valence-electron chi connectivity index (χ4n) is 2.74. The fraction of sp³-hybridized carbons (Fsp3) is 0.588. The Morgan fingerprint density at radius 2 is 2.29 bits per heavy atom. The number of hydrogen-bond acceptors (Lipinski definition) is 3. The summed E-state index contributed by atoms with van der Waals surface area (Å²) in [5.74, 6) is 0.891. The lowest BCUT2D eigenvalue weighted by Crippen LogP contribution is -2.47. The minimum Gasteiger partial charge on any atom is -0.494 e. The summed E-state index contributed by atoms with van der Waals surface area (Å²) in [5.41, 5.74) is 0.723. The first-order valence-corrected chi connectivity index (χ1v) is 8.00. The lowest BCUT2D eigenvalue weighted by molar-refractivity contribution is 0.0695. The Kier molecular flexibility index (Phi) is 6.05. The Labute approximate surface area is 127 Å². The highest BCUT2D eigenvalue weighted by Crippen LogP contribution is 2.18. The van der Waals surface area contributed by atoms with Crippen LogP contribution in [-0.2, 0) is 0 Å². The van der Waals surface area contributed by atoms with E-state index in [0.717, 1.165) is 50.2 Å². The third-order valence-electron chi connectivity index (χ3n) is 3.76. The first kappa shape index (κ1) is 15.8. The van der Waals surface area contributed by atoms with Gasteiger partial charge in [-0.3, -0.25) is 4.79 Å². The summed E-state index contributed by atoms with van der Waals surface area (Å²) in [4.78, 5) is 14.6. The van der Waals surface area contributed by atoms with Crippen LogP contribution in [0.1, 0.15) is 43.5 Å². The molecule has 1 saturated heterocycles. The van der Waals surface area contributed by atoms with Gasteiger partial charge in [0.2, 0.25) is 0 Å². The molecule has 4 nitrogen and oxygen atoms in total. The number of ether oxygens (including phenoxy) is 1. The molecule has 1 aliphatic heterocycles.